The lowest BCUT2D eigenvalue weighted by atomic mass is 9.85. The van der Waals surface area contributed by atoms with E-state index in [1.165, 1.54) is 32.1 Å². The number of benzene rings is 1. The van der Waals surface area contributed by atoms with E-state index < -0.39 is 17.0 Å². The second-order valence-corrected chi connectivity index (χ2v) is 10.1. The molecule has 5 nitrogen and oxygen atoms in total. The number of primary amides is 1. The molecule has 29 heavy (non-hydrogen) atoms. The highest BCUT2D eigenvalue weighted by Gasteiger charge is 2.24. The summed E-state index contributed by atoms with van der Waals surface area (Å²) in [7, 11) is 0. The number of rotatable bonds is 5. The zero-order valence-electron chi connectivity index (χ0n) is 17.8. The molecule has 2 N–H and O–H groups in total. The van der Waals surface area contributed by atoms with Gasteiger partial charge in [0.1, 0.15) is 0 Å². The quantitative estimate of drug-likeness (QED) is 0.719. The zero-order chi connectivity index (χ0) is 21.3. The van der Waals surface area contributed by atoms with Crippen LogP contribution < -0.4 is 5.73 Å². The lowest BCUT2D eigenvalue weighted by Crippen LogP contribution is -2.18. The largest absolute Gasteiger partial charge is 0.768 e. The number of hydrogen-bond donors (Lipinski definition) is 1. The van der Waals surface area contributed by atoms with Crippen LogP contribution in [0.5, 0.6) is 0 Å². The van der Waals surface area contributed by atoms with Crippen LogP contribution in [0.1, 0.15) is 74.5 Å². The van der Waals surface area contributed by atoms with Gasteiger partial charge in [0.05, 0.1) is 5.56 Å². The molecule has 1 atom stereocenters. The van der Waals surface area contributed by atoms with Crippen LogP contribution in [0.15, 0.2) is 29.2 Å². The Kier molecular flexibility index (Phi) is 6.34. The maximum absolute atomic E-state index is 12.0. The lowest BCUT2D eigenvalue weighted by Gasteiger charge is -2.26. The zero-order valence-corrected chi connectivity index (χ0v) is 18.6. The van der Waals surface area contributed by atoms with Gasteiger partial charge in [-0.25, -0.2) is 0 Å². The van der Waals surface area contributed by atoms with Crippen LogP contribution in [0.2, 0.25) is 0 Å². The van der Waals surface area contributed by atoms with E-state index >= 15 is 0 Å². The van der Waals surface area contributed by atoms with E-state index in [0.29, 0.717) is 16.4 Å². The molecule has 1 amide bonds. The third-order valence-corrected chi connectivity index (χ3v) is 6.78. The average molecular weight is 416 g/mol. The van der Waals surface area contributed by atoms with Crippen LogP contribution in [-0.4, -0.2) is 19.2 Å². The van der Waals surface area contributed by atoms with E-state index in [9.17, 15) is 13.6 Å². The smallest absolute Gasteiger partial charge is 0.250 e. The Morgan fingerprint density at radius 2 is 1.86 bits per heavy atom. The van der Waals surface area contributed by atoms with Crippen molar-refractivity contribution in [2.75, 3.05) is 0 Å². The van der Waals surface area contributed by atoms with Crippen LogP contribution in [0.4, 0.5) is 0 Å². The van der Waals surface area contributed by atoms with Crippen LogP contribution in [0.25, 0.3) is 11.3 Å². The van der Waals surface area contributed by atoms with Gasteiger partial charge >= 0.3 is 0 Å². The number of aromatic nitrogens is 1. The molecule has 1 aromatic heterocycles. The van der Waals surface area contributed by atoms with Crippen molar-refractivity contribution in [1.29, 1.82) is 0 Å². The van der Waals surface area contributed by atoms with Crippen molar-refractivity contribution in [2.24, 2.45) is 11.7 Å². The number of carbonyl (C=O) groups excluding carboxylic acids is 1. The normalized spacial score (nSPS) is 16.7. The fourth-order valence-electron chi connectivity index (χ4n) is 4.42. The molecule has 158 valence electrons. The summed E-state index contributed by atoms with van der Waals surface area (Å²) in [6.45, 7) is 8.81. The van der Waals surface area contributed by atoms with Crippen molar-refractivity contribution in [1.82, 2.24) is 4.57 Å². The summed E-state index contributed by atoms with van der Waals surface area (Å²) in [4.78, 5) is 12.3. The number of amides is 1. The monoisotopic (exact) mass is 415 g/mol. The Morgan fingerprint density at radius 3 is 2.41 bits per heavy atom. The van der Waals surface area contributed by atoms with Gasteiger partial charge in [0.15, 0.2) is 0 Å². The molecule has 6 heteroatoms. The van der Waals surface area contributed by atoms with Gasteiger partial charge in [-0.05, 0) is 71.5 Å². The Labute approximate surface area is 176 Å². The third-order valence-electron chi connectivity index (χ3n) is 6.06. The van der Waals surface area contributed by atoms with Crippen LogP contribution >= 0.6 is 0 Å². The number of nitrogens with two attached hydrogens (primary N) is 1. The minimum atomic E-state index is -2.30. The van der Waals surface area contributed by atoms with Gasteiger partial charge in [0, 0.05) is 22.8 Å². The van der Waals surface area contributed by atoms with E-state index in [1.54, 1.807) is 6.07 Å². The summed E-state index contributed by atoms with van der Waals surface area (Å²) < 4.78 is 25.7. The molecule has 0 radical (unpaired) electrons. The summed E-state index contributed by atoms with van der Waals surface area (Å²) in [5, 5.41) is 0. The van der Waals surface area contributed by atoms with Gasteiger partial charge < -0.3 is 14.9 Å². The molecule has 2 aromatic rings. The molecule has 0 bridgehead atoms. The third kappa shape index (κ3) is 4.64. The van der Waals surface area contributed by atoms with Crippen molar-refractivity contribution in [3.8, 4) is 11.3 Å². The van der Waals surface area contributed by atoms with Crippen molar-refractivity contribution in [3.63, 3.8) is 0 Å². The molecular weight excluding hydrogens is 384 g/mol. The molecule has 1 heterocycles. The van der Waals surface area contributed by atoms with E-state index in [4.69, 9.17) is 5.73 Å². The Balaban J connectivity index is 2.13. The van der Waals surface area contributed by atoms with Gasteiger partial charge in [0.25, 0.3) is 5.91 Å². The highest BCUT2D eigenvalue weighted by atomic mass is 32.2. The molecule has 0 spiro atoms. The highest BCUT2D eigenvalue weighted by Crippen LogP contribution is 2.35. The van der Waals surface area contributed by atoms with Gasteiger partial charge in [-0.15, -0.1) is 0 Å². The predicted octanol–water partition coefficient (Wildman–Crippen LogP) is 4.68. The maximum atomic E-state index is 12.0. The summed E-state index contributed by atoms with van der Waals surface area (Å²) in [5.41, 5.74) is 9.33. The van der Waals surface area contributed by atoms with Gasteiger partial charge in [-0.1, -0.05) is 46.1 Å². The fraction of sp³-hybridized carbons (Fsp3) is 0.522. The van der Waals surface area contributed by atoms with Crippen LogP contribution in [-0.2, 0) is 23.0 Å². The molecule has 1 unspecified atom stereocenters. The first kappa shape index (κ1) is 21.8. The average Bonchev–Trinajstić information content (AvgIpc) is 2.98. The van der Waals surface area contributed by atoms with Crippen LogP contribution in [0.3, 0.4) is 0 Å². The molecule has 0 saturated heterocycles. The number of hydrogen-bond acceptors (Lipinski definition) is 3. The first-order valence-corrected chi connectivity index (χ1v) is 11.4. The van der Waals surface area contributed by atoms with Crippen molar-refractivity contribution >= 4 is 17.0 Å². The lowest BCUT2D eigenvalue weighted by molar-refractivity contribution is 0.0999. The Bertz CT molecular complexity index is 934. The molecular formula is C23H31N2O3S-. The van der Waals surface area contributed by atoms with E-state index in [0.717, 1.165) is 29.1 Å². The number of nitrogens with zero attached hydrogens (tertiary/aromatic N) is 1. The summed E-state index contributed by atoms with van der Waals surface area (Å²) in [6, 6.07) is 7.30. The van der Waals surface area contributed by atoms with Crippen LogP contribution in [0, 0.1) is 12.8 Å². The van der Waals surface area contributed by atoms with Gasteiger partial charge in [-0.2, -0.15) is 0 Å². The second-order valence-electron chi connectivity index (χ2n) is 9.20. The first-order chi connectivity index (χ1) is 13.6. The van der Waals surface area contributed by atoms with Crippen molar-refractivity contribution in [3.05, 3.63) is 41.1 Å². The molecule has 1 aliphatic carbocycles. The molecule has 1 aromatic carbocycles. The highest BCUT2D eigenvalue weighted by molar-refractivity contribution is 7.79. The predicted molar refractivity (Wildman–Crippen MR) is 116 cm³/mol. The summed E-state index contributed by atoms with van der Waals surface area (Å²) in [5.74, 6) is 0.157. The maximum Gasteiger partial charge on any atom is 0.250 e. The van der Waals surface area contributed by atoms with Crippen molar-refractivity contribution < 1.29 is 13.6 Å². The fourth-order valence-corrected chi connectivity index (χ4v) is 5.14. The molecule has 1 aliphatic rings. The standard InChI is InChI=1S/C23H32N2O3S/c1-15-18(22(24)26)13-20(25(15)14-16-8-6-5-7-9-16)17-10-11-21(29(27)28)19(12-17)23(2,3)4/h10-13,16H,5-9,14H2,1-4H3,(H2,24,26)(H,27,28)/p-1. The van der Waals surface area contributed by atoms with E-state index in [-0.39, 0.29) is 5.41 Å². The first-order valence-electron chi connectivity index (χ1n) is 10.3. The minimum absolute atomic E-state index is 0.318. The van der Waals surface area contributed by atoms with E-state index in [1.807, 2.05) is 45.9 Å². The topological polar surface area (TPSA) is 88.2 Å². The molecule has 1 fully saturated rings. The summed E-state index contributed by atoms with van der Waals surface area (Å²) in [6.07, 6.45) is 6.19. The van der Waals surface area contributed by atoms with Crippen molar-refractivity contribution in [2.45, 2.75) is 76.7 Å². The SMILES string of the molecule is Cc1c(C(N)=O)cc(-c2ccc(S(=O)[O-])c(C(C)(C)C)c2)n1CC1CCCCC1. The Hall–Kier alpha value is -1.92. The second kappa shape index (κ2) is 8.44. The van der Waals surface area contributed by atoms with Gasteiger partial charge in [0.2, 0.25) is 0 Å². The molecule has 1 saturated carbocycles. The number of carbonyl (C=O) groups is 1. The van der Waals surface area contributed by atoms with Gasteiger partial charge in [-0.3, -0.25) is 9.00 Å². The van der Waals surface area contributed by atoms with E-state index in [2.05, 4.69) is 4.57 Å². The Morgan fingerprint density at radius 1 is 1.21 bits per heavy atom. The molecule has 3 rings (SSSR count). The minimum Gasteiger partial charge on any atom is -0.768 e. The molecule has 0 aliphatic heterocycles. The summed E-state index contributed by atoms with van der Waals surface area (Å²) >= 11 is -2.30.